The van der Waals surface area contributed by atoms with Gasteiger partial charge >= 0.3 is 0 Å². The number of pyridine rings is 2. The molecule has 0 atom stereocenters. The Morgan fingerprint density at radius 3 is 2.40 bits per heavy atom. The van der Waals surface area contributed by atoms with Crippen molar-refractivity contribution in [3.05, 3.63) is 73.1 Å². The largest absolute Gasteiger partial charge is 0.353 e. The lowest BCUT2D eigenvalue weighted by molar-refractivity contribution is 1.30. The lowest BCUT2D eigenvalue weighted by Gasteiger charge is -2.00. The van der Waals surface area contributed by atoms with Gasteiger partial charge in [-0.1, -0.05) is 45.9 Å². The van der Waals surface area contributed by atoms with Gasteiger partial charge in [-0.25, -0.2) is 4.98 Å². The smallest absolute Gasteiger partial charge is 0.0965 e. The highest BCUT2D eigenvalue weighted by Crippen LogP contribution is 2.40. The van der Waals surface area contributed by atoms with Crippen LogP contribution in [0.25, 0.3) is 53.4 Å². The van der Waals surface area contributed by atoms with E-state index in [1.165, 1.54) is 31.1 Å². The van der Waals surface area contributed by atoms with Crippen molar-refractivity contribution in [1.82, 2.24) is 15.0 Å². The summed E-state index contributed by atoms with van der Waals surface area (Å²) in [7, 11) is 0. The van der Waals surface area contributed by atoms with E-state index in [9.17, 15) is 0 Å². The van der Waals surface area contributed by atoms with Crippen LogP contribution in [-0.2, 0) is 0 Å². The van der Waals surface area contributed by atoms with Crippen molar-refractivity contribution in [2.45, 2.75) is 27.7 Å². The third-order valence-corrected chi connectivity index (χ3v) is 6.05. The Labute approximate surface area is 180 Å². The Kier molecular flexibility index (Phi) is 5.77. The van der Waals surface area contributed by atoms with Crippen LogP contribution < -0.4 is 0 Å². The monoisotopic (exact) mass is 411 g/mol. The van der Waals surface area contributed by atoms with Crippen molar-refractivity contribution in [2.24, 2.45) is 0 Å². The first-order valence-corrected chi connectivity index (χ1v) is 11.3. The highest BCUT2D eigenvalue weighted by molar-refractivity contribution is 7.26. The Bertz CT molecular complexity index is 1430. The molecule has 0 radical (unpaired) electrons. The zero-order chi connectivity index (χ0) is 21.1. The third-order valence-electron chi connectivity index (χ3n) is 4.91. The topological polar surface area (TPSA) is 41.6 Å². The summed E-state index contributed by atoms with van der Waals surface area (Å²) in [4.78, 5) is 12.8. The van der Waals surface area contributed by atoms with E-state index >= 15 is 0 Å². The molecule has 0 unspecified atom stereocenters. The number of H-pyrrole nitrogens is 1. The summed E-state index contributed by atoms with van der Waals surface area (Å²) in [6.45, 7) is 8.00. The average molecular weight is 412 g/mol. The molecule has 0 spiro atoms. The molecule has 0 bridgehead atoms. The fourth-order valence-corrected chi connectivity index (χ4v) is 4.83. The Hall–Kier alpha value is -3.24. The highest BCUT2D eigenvalue weighted by Gasteiger charge is 2.14. The standard InChI is InChI=1S/C22H13N3S.2C2H6/c1-2-6-18-14(5-1)20-19(26-18)10-7-15-21-17(25-22(15)20)9-8-16(24-21)13-4-3-11-23-12-13;2*1-2/h1-12,25H;2*1-2H3. The molecule has 2 aromatic carbocycles. The van der Waals surface area contributed by atoms with E-state index in [0.717, 1.165) is 22.3 Å². The van der Waals surface area contributed by atoms with Crippen molar-refractivity contribution < 1.29 is 0 Å². The number of nitrogens with one attached hydrogen (secondary N) is 1. The van der Waals surface area contributed by atoms with Crippen LogP contribution in [0.1, 0.15) is 27.7 Å². The minimum atomic E-state index is 0.946. The Morgan fingerprint density at radius 2 is 1.60 bits per heavy atom. The van der Waals surface area contributed by atoms with Crippen LogP contribution in [0.2, 0.25) is 0 Å². The van der Waals surface area contributed by atoms with E-state index in [-0.39, 0.29) is 0 Å². The summed E-state index contributed by atoms with van der Waals surface area (Å²) in [5, 5.41) is 3.77. The predicted octanol–water partition coefficient (Wildman–Crippen LogP) is 8.20. The van der Waals surface area contributed by atoms with E-state index < -0.39 is 0 Å². The molecule has 0 aliphatic heterocycles. The number of fused-ring (bicyclic) bond motifs is 7. The van der Waals surface area contributed by atoms with Crippen LogP contribution in [0.5, 0.6) is 0 Å². The number of thiophene rings is 1. The maximum Gasteiger partial charge on any atom is 0.0965 e. The number of rotatable bonds is 1. The first-order valence-electron chi connectivity index (χ1n) is 10.5. The molecule has 0 saturated heterocycles. The molecule has 0 amide bonds. The Balaban J connectivity index is 0.000000516. The molecule has 3 nitrogen and oxygen atoms in total. The van der Waals surface area contributed by atoms with Gasteiger partial charge in [-0.2, -0.15) is 0 Å². The maximum absolute atomic E-state index is 4.94. The van der Waals surface area contributed by atoms with Gasteiger partial charge in [-0.05, 0) is 42.5 Å². The molecule has 4 heteroatoms. The third kappa shape index (κ3) is 3.23. The number of hydrogen-bond acceptors (Lipinski definition) is 3. The zero-order valence-electron chi connectivity index (χ0n) is 17.7. The molecule has 0 saturated carbocycles. The first-order chi connectivity index (χ1) is 14.9. The molecule has 150 valence electrons. The normalized spacial score (nSPS) is 10.7. The summed E-state index contributed by atoms with van der Waals surface area (Å²) in [6, 6.07) is 21.2. The van der Waals surface area contributed by atoms with Crippen molar-refractivity contribution in [2.75, 3.05) is 0 Å². The van der Waals surface area contributed by atoms with Crippen molar-refractivity contribution >= 4 is 53.4 Å². The molecule has 30 heavy (non-hydrogen) atoms. The number of nitrogens with zero attached hydrogens (tertiary/aromatic N) is 2. The van der Waals surface area contributed by atoms with E-state index in [4.69, 9.17) is 4.98 Å². The average Bonchev–Trinajstić information content (AvgIpc) is 3.40. The lowest BCUT2D eigenvalue weighted by atomic mass is 10.1. The summed E-state index contributed by atoms with van der Waals surface area (Å²) >= 11 is 1.84. The van der Waals surface area contributed by atoms with Crippen LogP contribution >= 0.6 is 11.3 Å². The highest BCUT2D eigenvalue weighted by atomic mass is 32.1. The molecule has 4 heterocycles. The van der Waals surface area contributed by atoms with E-state index in [1.807, 2.05) is 57.4 Å². The Morgan fingerprint density at radius 1 is 0.767 bits per heavy atom. The van der Waals surface area contributed by atoms with Crippen molar-refractivity contribution in [3.8, 4) is 11.3 Å². The van der Waals surface area contributed by atoms with Gasteiger partial charge < -0.3 is 4.98 Å². The predicted molar refractivity (Wildman–Crippen MR) is 132 cm³/mol. The minimum absolute atomic E-state index is 0.946. The molecule has 4 aromatic heterocycles. The summed E-state index contributed by atoms with van der Waals surface area (Å²) < 4.78 is 2.62. The van der Waals surface area contributed by atoms with E-state index in [1.54, 1.807) is 6.20 Å². The van der Waals surface area contributed by atoms with E-state index in [2.05, 4.69) is 58.5 Å². The molecular weight excluding hydrogens is 386 g/mol. The minimum Gasteiger partial charge on any atom is -0.353 e. The SMILES string of the molecule is CC.CC.c1cncc(-c2ccc3[nH]c4c(ccc5sc6ccccc6c54)c3n2)c1. The van der Waals surface area contributed by atoms with Crippen LogP contribution in [-0.4, -0.2) is 15.0 Å². The van der Waals surface area contributed by atoms with Gasteiger partial charge in [0.25, 0.3) is 0 Å². The zero-order valence-corrected chi connectivity index (χ0v) is 18.5. The van der Waals surface area contributed by atoms with Crippen LogP contribution in [0.4, 0.5) is 0 Å². The van der Waals surface area contributed by atoms with Gasteiger partial charge in [0, 0.05) is 43.5 Å². The molecule has 0 fully saturated rings. The van der Waals surface area contributed by atoms with Gasteiger partial charge in [0.15, 0.2) is 0 Å². The number of aromatic nitrogens is 3. The summed E-state index contributed by atoms with van der Waals surface area (Å²) in [5.74, 6) is 0. The van der Waals surface area contributed by atoms with Crippen molar-refractivity contribution in [1.29, 1.82) is 0 Å². The number of benzene rings is 2. The summed E-state index contributed by atoms with van der Waals surface area (Å²) in [5.41, 5.74) is 5.23. The first kappa shape index (κ1) is 20.0. The molecule has 0 aliphatic carbocycles. The molecule has 0 aliphatic rings. The summed E-state index contributed by atoms with van der Waals surface area (Å²) in [6.07, 6.45) is 3.64. The fourth-order valence-electron chi connectivity index (χ4n) is 3.72. The molecule has 6 rings (SSSR count). The van der Waals surface area contributed by atoms with Crippen LogP contribution in [0, 0.1) is 0 Å². The fraction of sp³-hybridized carbons (Fsp3) is 0.154. The van der Waals surface area contributed by atoms with Gasteiger partial charge in [-0.15, -0.1) is 11.3 Å². The number of hydrogen-bond donors (Lipinski definition) is 1. The maximum atomic E-state index is 4.94. The van der Waals surface area contributed by atoms with Gasteiger partial charge in [0.05, 0.1) is 22.2 Å². The second-order valence-corrected chi connectivity index (χ2v) is 7.50. The van der Waals surface area contributed by atoms with E-state index in [0.29, 0.717) is 0 Å². The molecular formula is C26H25N3S. The lowest BCUT2D eigenvalue weighted by Crippen LogP contribution is -1.84. The van der Waals surface area contributed by atoms with Gasteiger partial charge in [0.1, 0.15) is 0 Å². The van der Waals surface area contributed by atoms with Crippen molar-refractivity contribution in [3.63, 3.8) is 0 Å². The second kappa shape index (κ2) is 8.64. The van der Waals surface area contributed by atoms with Gasteiger partial charge in [0.2, 0.25) is 0 Å². The number of aromatic amines is 1. The van der Waals surface area contributed by atoms with Gasteiger partial charge in [-0.3, -0.25) is 4.98 Å². The van der Waals surface area contributed by atoms with Crippen LogP contribution in [0.3, 0.4) is 0 Å². The van der Waals surface area contributed by atoms with Crippen LogP contribution in [0.15, 0.2) is 73.1 Å². The second-order valence-electron chi connectivity index (χ2n) is 6.42. The molecule has 6 aromatic rings. The molecule has 1 N–H and O–H groups in total. The quantitative estimate of drug-likeness (QED) is 0.296.